The zero-order chi connectivity index (χ0) is 27.1. The lowest BCUT2D eigenvalue weighted by Gasteiger charge is -2.48. The number of nitriles is 1. The smallest absolute Gasteiger partial charge is 0.165 e. The Balaban J connectivity index is 1.81. The summed E-state index contributed by atoms with van der Waals surface area (Å²) in [5.41, 5.74) is 1.87. The molecule has 1 N–H and O–H groups in total. The standard InChI is InChI=1S/C28H35F2N7/c1-16(2)37-14-28(13-31,15-37)23-11-22-26(34-24(12-36(6)7)35-27(22)33-19(23)5)32-18(4)21-10-8-9-20(17(3)29)25(21)30/h8-11,16-18H,12,14-15H2,1-7H3,(H,32,33,34,35)/t17?,18-/m1/s1. The van der Waals surface area contributed by atoms with Crippen LogP contribution in [0.4, 0.5) is 14.6 Å². The summed E-state index contributed by atoms with van der Waals surface area (Å²) in [5.74, 6) is 0.517. The Bertz CT molecular complexity index is 1340. The fourth-order valence-corrected chi connectivity index (χ4v) is 4.94. The van der Waals surface area contributed by atoms with Gasteiger partial charge in [0.2, 0.25) is 0 Å². The predicted molar refractivity (Wildman–Crippen MR) is 141 cm³/mol. The van der Waals surface area contributed by atoms with Gasteiger partial charge in [-0.15, -0.1) is 0 Å². The van der Waals surface area contributed by atoms with Crippen molar-refractivity contribution in [3.63, 3.8) is 0 Å². The lowest BCUT2D eigenvalue weighted by atomic mass is 9.73. The Morgan fingerprint density at radius 2 is 1.81 bits per heavy atom. The highest BCUT2D eigenvalue weighted by Crippen LogP contribution is 2.39. The van der Waals surface area contributed by atoms with Gasteiger partial charge in [-0.25, -0.2) is 23.7 Å². The molecule has 9 heteroatoms. The molecule has 2 aromatic heterocycles. The van der Waals surface area contributed by atoms with Crippen LogP contribution in [0.15, 0.2) is 24.3 Å². The molecule has 4 rings (SSSR count). The molecular weight excluding hydrogens is 472 g/mol. The second-order valence-corrected chi connectivity index (χ2v) is 10.6. The summed E-state index contributed by atoms with van der Waals surface area (Å²) in [5, 5.41) is 14.2. The highest BCUT2D eigenvalue weighted by molar-refractivity contribution is 5.88. The number of anilines is 1. The van der Waals surface area contributed by atoms with Crippen LogP contribution in [0.2, 0.25) is 0 Å². The molecule has 0 aliphatic carbocycles. The number of aryl methyl sites for hydroxylation is 1. The van der Waals surface area contributed by atoms with Crippen LogP contribution in [0.5, 0.6) is 0 Å². The first-order valence-electron chi connectivity index (χ1n) is 12.6. The maximum atomic E-state index is 15.1. The molecule has 7 nitrogen and oxygen atoms in total. The Morgan fingerprint density at radius 1 is 1.14 bits per heavy atom. The number of nitrogens with zero attached hydrogens (tertiary/aromatic N) is 6. The van der Waals surface area contributed by atoms with Crippen LogP contribution in [0.25, 0.3) is 11.0 Å². The number of fused-ring (bicyclic) bond motifs is 1. The molecule has 1 aromatic carbocycles. The maximum absolute atomic E-state index is 15.1. The van der Waals surface area contributed by atoms with Crippen molar-refractivity contribution in [3.8, 4) is 6.07 Å². The fourth-order valence-electron chi connectivity index (χ4n) is 4.94. The third-order valence-electron chi connectivity index (χ3n) is 7.09. The number of aromatic nitrogens is 3. The van der Waals surface area contributed by atoms with Crippen LogP contribution in [0, 0.1) is 24.1 Å². The Hall–Kier alpha value is -3.22. The van der Waals surface area contributed by atoms with E-state index in [1.165, 1.54) is 13.0 Å². The zero-order valence-electron chi connectivity index (χ0n) is 22.6. The molecule has 1 saturated heterocycles. The van der Waals surface area contributed by atoms with Gasteiger partial charge in [-0.3, -0.25) is 4.90 Å². The van der Waals surface area contributed by atoms with E-state index in [4.69, 9.17) is 9.97 Å². The van der Waals surface area contributed by atoms with E-state index < -0.39 is 23.4 Å². The molecule has 0 saturated carbocycles. The van der Waals surface area contributed by atoms with Gasteiger partial charge in [0.15, 0.2) is 5.65 Å². The van der Waals surface area contributed by atoms with Crippen LogP contribution in [0.3, 0.4) is 0 Å². The molecule has 0 spiro atoms. The normalized spacial score (nSPS) is 17.0. The molecule has 1 aliphatic heterocycles. The Morgan fingerprint density at radius 3 is 2.41 bits per heavy atom. The van der Waals surface area contributed by atoms with Crippen molar-refractivity contribution in [2.24, 2.45) is 0 Å². The van der Waals surface area contributed by atoms with Crippen molar-refractivity contribution in [1.82, 2.24) is 24.8 Å². The first-order valence-corrected chi connectivity index (χ1v) is 12.6. The molecule has 2 atom stereocenters. The molecule has 196 valence electrons. The molecule has 3 heterocycles. The van der Waals surface area contributed by atoms with Crippen molar-refractivity contribution >= 4 is 16.9 Å². The quantitative estimate of drug-likeness (QED) is 0.448. The van der Waals surface area contributed by atoms with Crippen molar-refractivity contribution < 1.29 is 8.78 Å². The van der Waals surface area contributed by atoms with Crippen LogP contribution in [0.1, 0.15) is 68.1 Å². The minimum absolute atomic E-state index is 0.0298. The van der Waals surface area contributed by atoms with Crippen molar-refractivity contribution in [2.45, 2.75) is 64.8 Å². The van der Waals surface area contributed by atoms with Gasteiger partial charge < -0.3 is 10.2 Å². The molecule has 37 heavy (non-hydrogen) atoms. The number of nitrogens with one attached hydrogen (secondary N) is 1. The largest absolute Gasteiger partial charge is 0.363 e. The van der Waals surface area contributed by atoms with Gasteiger partial charge in [0, 0.05) is 36.0 Å². The molecule has 0 radical (unpaired) electrons. The molecule has 1 fully saturated rings. The number of halogens is 2. The molecule has 0 amide bonds. The van der Waals surface area contributed by atoms with Gasteiger partial charge in [0.1, 0.15) is 29.0 Å². The predicted octanol–water partition coefficient (Wildman–Crippen LogP) is 5.22. The van der Waals surface area contributed by atoms with E-state index in [1.807, 2.05) is 38.9 Å². The maximum Gasteiger partial charge on any atom is 0.165 e. The van der Waals surface area contributed by atoms with Gasteiger partial charge in [-0.2, -0.15) is 5.26 Å². The lowest BCUT2D eigenvalue weighted by Crippen LogP contribution is -2.61. The third kappa shape index (κ3) is 5.13. The van der Waals surface area contributed by atoms with E-state index in [0.717, 1.165) is 11.3 Å². The second-order valence-electron chi connectivity index (χ2n) is 10.6. The van der Waals surface area contributed by atoms with Crippen LogP contribution in [-0.2, 0) is 12.0 Å². The van der Waals surface area contributed by atoms with E-state index in [0.29, 0.717) is 53.9 Å². The number of benzene rings is 1. The minimum atomic E-state index is -1.41. The van der Waals surface area contributed by atoms with E-state index in [9.17, 15) is 9.65 Å². The first-order chi connectivity index (χ1) is 17.5. The lowest BCUT2D eigenvalue weighted by molar-refractivity contribution is 0.0697. The molecule has 1 aliphatic rings. The topological polar surface area (TPSA) is 81.0 Å². The van der Waals surface area contributed by atoms with Crippen LogP contribution in [-0.4, -0.2) is 58.0 Å². The van der Waals surface area contributed by atoms with E-state index in [1.54, 1.807) is 12.1 Å². The minimum Gasteiger partial charge on any atom is -0.363 e. The van der Waals surface area contributed by atoms with Gasteiger partial charge in [-0.1, -0.05) is 18.2 Å². The molecule has 0 bridgehead atoms. The first kappa shape index (κ1) is 26.8. The summed E-state index contributed by atoms with van der Waals surface area (Å²) in [6, 6.07) is 9.12. The Kier molecular flexibility index (Phi) is 7.45. The van der Waals surface area contributed by atoms with E-state index in [-0.39, 0.29) is 5.56 Å². The number of hydrogen-bond donors (Lipinski definition) is 1. The second kappa shape index (κ2) is 10.3. The number of alkyl halides is 1. The van der Waals surface area contributed by atoms with Crippen molar-refractivity contribution in [3.05, 3.63) is 58.3 Å². The Labute approximate surface area is 217 Å². The highest BCUT2D eigenvalue weighted by atomic mass is 19.1. The van der Waals surface area contributed by atoms with E-state index in [2.05, 4.69) is 35.1 Å². The van der Waals surface area contributed by atoms with Gasteiger partial charge in [0.25, 0.3) is 0 Å². The molecular formula is C28H35F2N7. The molecule has 1 unspecified atom stereocenters. The highest BCUT2D eigenvalue weighted by Gasteiger charge is 2.47. The van der Waals surface area contributed by atoms with Crippen molar-refractivity contribution in [2.75, 3.05) is 32.5 Å². The number of likely N-dealkylation sites (tertiary alicyclic amines) is 1. The summed E-state index contributed by atoms with van der Waals surface area (Å²) in [6.45, 7) is 11.1. The van der Waals surface area contributed by atoms with Gasteiger partial charge in [0.05, 0.1) is 24.0 Å². The van der Waals surface area contributed by atoms with Gasteiger partial charge in [-0.05, 0) is 60.3 Å². The number of hydrogen-bond acceptors (Lipinski definition) is 7. The zero-order valence-corrected chi connectivity index (χ0v) is 22.6. The third-order valence-corrected chi connectivity index (χ3v) is 7.09. The summed E-state index contributed by atoms with van der Waals surface area (Å²) in [4.78, 5) is 18.5. The SMILES string of the molecule is Cc1nc2nc(CN(C)C)nc(N[C@H](C)c3cccc(C(C)F)c3F)c2cc1C1(C#N)CN(C(C)C)C1. The van der Waals surface area contributed by atoms with Crippen LogP contribution < -0.4 is 5.32 Å². The average molecular weight is 508 g/mol. The summed E-state index contributed by atoms with van der Waals surface area (Å²) in [7, 11) is 3.86. The molecule has 3 aromatic rings. The van der Waals surface area contributed by atoms with E-state index >= 15 is 4.39 Å². The van der Waals surface area contributed by atoms with Crippen molar-refractivity contribution in [1.29, 1.82) is 5.26 Å². The average Bonchev–Trinajstić information content (AvgIpc) is 2.78. The number of rotatable bonds is 8. The summed E-state index contributed by atoms with van der Waals surface area (Å²) < 4.78 is 29.1. The fraction of sp³-hybridized carbons (Fsp3) is 0.500. The van der Waals surface area contributed by atoms with Crippen LogP contribution >= 0.6 is 0 Å². The monoisotopic (exact) mass is 507 g/mol. The summed E-state index contributed by atoms with van der Waals surface area (Å²) in [6.07, 6.45) is -1.41. The number of pyridine rings is 1. The van der Waals surface area contributed by atoms with Gasteiger partial charge >= 0.3 is 0 Å². The summed E-state index contributed by atoms with van der Waals surface area (Å²) >= 11 is 0.